The van der Waals surface area contributed by atoms with Crippen LogP contribution in [0.3, 0.4) is 0 Å². The second-order valence-electron chi connectivity index (χ2n) is 5.28. The fraction of sp³-hybridized carbons (Fsp3) is 0.917. The maximum absolute atomic E-state index is 5.78. The van der Waals surface area contributed by atoms with E-state index in [0.717, 1.165) is 12.6 Å². The first-order chi connectivity index (χ1) is 6.97. The number of hydrogen-bond acceptors (Lipinski definition) is 2. The van der Waals surface area contributed by atoms with Crippen LogP contribution in [-0.2, 0) is 0 Å². The summed E-state index contributed by atoms with van der Waals surface area (Å²) in [5, 5.41) is 0. The number of likely N-dealkylation sites (tertiary alicyclic amines) is 1. The van der Waals surface area contributed by atoms with Gasteiger partial charge in [0.2, 0.25) is 0 Å². The van der Waals surface area contributed by atoms with Crippen molar-refractivity contribution in [3.8, 4) is 0 Å². The number of piperidine rings is 1. The van der Waals surface area contributed by atoms with E-state index in [4.69, 9.17) is 18.0 Å². The third-order valence-corrected chi connectivity index (χ3v) is 4.04. The van der Waals surface area contributed by atoms with Crippen molar-refractivity contribution in [2.45, 2.75) is 52.5 Å². The summed E-state index contributed by atoms with van der Waals surface area (Å²) in [4.78, 5) is 3.21. The molecular formula is C12H24N2S. The summed E-state index contributed by atoms with van der Waals surface area (Å²) in [6.07, 6.45) is 5.28. The van der Waals surface area contributed by atoms with Crippen molar-refractivity contribution in [2.24, 2.45) is 11.1 Å². The normalized spacial score (nSPS) is 24.1. The van der Waals surface area contributed by atoms with E-state index in [0.29, 0.717) is 4.99 Å². The molecule has 0 bridgehead atoms. The van der Waals surface area contributed by atoms with Gasteiger partial charge in [0.25, 0.3) is 0 Å². The van der Waals surface area contributed by atoms with Crippen LogP contribution in [0.5, 0.6) is 0 Å². The molecule has 1 aliphatic rings. The van der Waals surface area contributed by atoms with Crippen molar-refractivity contribution in [2.75, 3.05) is 13.1 Å². The molecule has 2 N–H and O–H groups in total. The lowest BCUT2D eigenvalue weighted by molar-refractivity contribution is 0.116. The average Bonchev–Trinajstić information content (AvgIpc) is 2.18. The van der Waals surface area contributed by atoms with Gasteiger partial charge >= 0.3 is 0 Å². The molecule has 15 heavy (non-hydrogen) atoms. The molecule has 2 nitrogen and oxygen atoms in total. The zero-order valence-electron chi connectivity index (χ0n) is 10.3. The van der Waals surface area contributed by atoms with Gasteiger partial charge in [-0.05, 0) is 25.8 Å². The molecular weight excluding hydrogens is 204 g/mol. The second kappa shape index (κ2) is 5.26. The fourth-order valence-corrected chi connectivity index (χ4v) is 2.38. The first kappa shape index (κ1) is 12.9. The van der Waals surface area contributed by atoms with Crippen molar-refractivity contribution in [1.29, 1.82) is 0 Å². The predicted octanol–water partition coefficient (Wildman–Crippen LogP) is 2.56. The van der Waals surface area contributed by atoms with E-state index in [2.05, 4.69) is 25.7 Å². The Morgan fingerprint density at radius 1 is 1.47 bits per heavy atom. The summed E-state index contributed by atoms with van der Waals surface area (Å²) in [7, 11) is 0. The second-order valence-corrected chi connectivity index (χ2v) is 5.72. The number of thiocarbonyl (C=S) groups is 1. The monoisotopic (exact) mass is 228 g/mol. The van der Waals surface area contributed by atoms with Gasteiger partial charge < -0.3 is 5.73 Å². The zero-order valence-corrected chi connectivity index (χ0v) is 11.1. The highest BCUT2D eigenvalue weighted by Gasteiger charge is 2.29. The van der Waals surface area contributed by atoms with Crippen LogP contribution in [0.4, 0.5) is 0 Å². The van der Waals surface area contributed by atoms with E-state index in [9.17, 15) is 0 Å². The molecule has 1 aliphatic heterocycles. The lowest BCUT2D eigenvalue weighted by Crippen LogP contribution is -2.47. The SMILES string of the molecule is CCC1CCCCN1CC(C)(C)C(N)=S. The van der Waals surface area contributed by atoms with Crippen LogP contribution >= 0.6 is 12.2 Å². The van der Waals surface area contributed by atoms with Crippen molar-refractivity contribution < 1.29 is 0 Å². The summed E-state index contributed by atoms with van der Waals surface area (Å²) in [6.45, 7) is 8.80. The molecule has 0 aromatic rings. The van der Waals surface area contributed by atoms with E-state index >= 15 is 0 Å². The smallest absolute Gasteiger partial charge is 0.0797 e. The van der Waals surface area contributed by atoms with Crippen molar-refractivity contribution in [3.63, 3.8) is 0 Å². The maximum Gasteiger partial charge on any atom is 0.0797 e. The van der Waals surface area contributed by atoms with Gasteiger partial charge in [-0.1, -0.05) is 39.4 Å². The molecule has 1 fully saturated rings. The molecule has 88 valence electrons. The van der Waals surface area contributed by atoms with Crippen molar-refractivity contribution >= 4 is 17.2 Å². The Morgan fingerprint density at radius 3 is 2.67 bits per heavy atom. The average molecular weight is 228 g/mol. The minimum atomic E-state index is -0.0277. The topological polar surface area (TPSA) is 29.3 Å². The first-order valence-electron chi connectivity index (χ1n) is 6.01. The van der Waals surface area contributed by atoms with E-state index < -0.39 is 0 Å². The molecule has 0 saturated carbocycles. The van der Waals surface area contributed by atoms with Gasteiger partial charge in [0.15, 0.2) is 0 Å². The maximum atomic E-state index is 5.78. The molecule has 0 amide bonds. The lowest BCUT2D eigenvalue weighted by atomic mass is 9.90. The summed E-state index contributed by atoms with van der Waals surface area (Å²) in [5.74, 6) is 0. The van der Waals surface area contributed by atoms with E-state index in [1.54, 1.807) is 0 Å². The molecule has 1 heterocycles. The Hall–Kier alpha value is -0.150. The van der Waals surface area contributed by atoms with Gasteiger partial charge in [0.05, 0.1) is 4.99 Å². The van der Waals surface area contributed by atoms with Crippen LogP contribution < -0.4 is 5.73 Å². The largest absolute Gasteiger partial charge is 0.393 e. The molecule has 3 heteroatoms. The van der Waals surface area contributed by atoms with E-state index in [1.165, 1.54) is 32.2 Å². The van der Waals surface area contributed by atoms with Crippen LogP contribution in [0.25, 0.3) is 0 Å². The molecule has 1 rings (SSSR count). The Balaban J connectivity index is 2.58. The van der Waals surface area contributed by atoms with Crippen LogP contribution in [-0.4, -0.2) is 29.0 Å². The van der Waals surface area contributed by atoms with Gasteiger partial charge in [-0.15, -0.1) is 0 Å². The zero-order chi connectivity index (χ0) is 11.5. The van der Waals surface area contributed by atoms with Gasteiger partial charge in [-0.25, -0.2) is 0 Å². The third kappa shape index (κ3) is 3.42. The minimum absolute atomic E-state index is 0.0277. The highest BCUT2D eigenvalue weighted by molar-refractivity contribution is 7.80. The van der Waals surface area contributed by atoms with Gasteiger partial charge in [0.1, 0.15) is 0 Å². The van der Waals surface area contributed by atoms with Crippen LogP contribution in [0, 0.1) is 5.41 Å². The Morgan fingerprint density at radius 2 is 2.13 bits per heavy atom. The molecule has 0 spiro atoms. The van der Waals surface area contributed by atoms with Crippen LogP contribution in [0.2, 0.25) is 0 Å². The Labute approximate surface area is 99.2 Å². The van der Waals surface area contributed by atoms with Crippen molar-refractivity contribution in [1.82, 2.24) is 4.90 Å². The quantitative estimate of drug-likeness (QED) is 0.750. The highest BCUT2D eigenvalue weighted by atomic mass is 32.1. The van der Waals surface area contributed by atoms with Gasteiger partial charge in [-0.3, -0.25) is 4.90 Å². The minimum Gasteiger partial charge on any atom is -0.393 e. The molecule has 1 saturated heterocycles. The number of rotatable bonds is 4. The standard InChI is InChI=1S/C12H24N2S/c1-4-10-7-5-6-8-14(10)9-12(2,3)11(13)15/h10H,4-9H2,1-3H3,(H2,13,15). The van der Waals surface area contributed by atoms with E-state index in [1.807, 2.05) is 0 Å². The van der Waals surface area contributed by atoms with E-state index in [-0.39, 0.29) is 5.41 Å². The number of nitrogens with two attached hydrogens (primary N) is 1. The third-order valence-electron chi connectivity index (χ3n) is 3.49. The molecule has 1 unspecified atom stereocenters. The van der Waals surface area contributed by atoms with Crippen molar-refractivity contribution in [3.05, 3.63) is 0 Å². The van der Waals surface area contributed by atoms with Crippen LogP contribution in [0.15, 0.2) is 0 Å². The van der Waals surface area contributed by atoms with Gasteiger partial charge in [-0.2, -0.15) is 0 Å². The molecule has 0 aromatic carbocycles. The Bertz CT molecular complexity index is 226. The molecule has 1 atom stereocenters. The first-order valence-corrected chi connectivity index (χ1v) is 6.42. The summed E-state index contributed by atoms with van der Waals surface area (Å²) in [5.41, 5.74) is 5.75. The summed E-state index contributed by atoms with van der Waals surface area (Å²) >= 11 is 5.13. The molecule has 0 aromatic heterocycles. The number of nitrogens with zero attached hydrogens (tertiary/aromatic N) is 1. The lowest BCUT2D eigenvalue weighted by Gasteiger charge is -2.40. The predicted molar refractivity (Wildman–Crippen MR) is 70.1 cm³/mol. The van der Waals surface area contributed by atoms with Gasteiger partial charge in [0, 0.05) is 18.0 Å². The summed E-state index contributed by atoms with van der Waals surface area (Å²) in [6, 6.07) is 0.743. The Kier molecular flexibility index (Phi) is 4.53. The summed E-state index contributed by atoms with van der Waals surface area (Å²) < 4.78 is 0. The molecule has 0 aliphatic carbocycles. The molecule has 0 radical (unpaired) electrons. The van der Waals surface area contributed by atoms with Crippen LogP contribution in [0.1, 0.15) is 46.5 Å². The highest BCUT2D eigenvalue weighted by Crippen LogP contribution is 2.25. The fourth-order valence-electron chi connectivity index (χ4n) is 2.32. The number of hydrogen-bond donors (Lipinski definition) is 1.